The summed E-state index contributed by atoms with van der Waals surface area (Å²) in [5.74, 6) is 1.18. The number of nitrogens with one attached hydrogen (secondary N) is 1. The summed E-state index contributed by atoms with van der Waals surface area (Å²) in [4.78, 5) is 20.2. The number of hydrogen-bond acceptors (Lipinski definition) is 8. The molecule has 1 aliphatic carbocycles. The maximum absolute atomic E-state index is 11.4. The number of ether oxygens (including phenoxy) is 3. The number of nitrogens with two attached hydrogens (primary N) is 1. The molecule has 2 aromatic heterocycles. The van der Waals surface area contributed by atoms with Gasteiger partial charge in [-0.1, -0.05) is 12.1 Å². The van der Waals surface area contributed by atoms with Gasteiger partial charge in [-0.15, -0.1) is 0 Å². The number of fused-ring (bicyclic) bond motifs is 3. The standard InChI is InChI=1S/C26H31N5O5/c1-34-24(32)28-13-25(33)10-17(11-25)31-12-20(21-22(27)29-15-30-23(21)31)16-3-2-4-19(9-16)35-14-26-7-5-18(36-26)6-8-26/h2-4,9,12,15,17-18,33H,5-8,10-11,13-14H2,1H3,(H,28,32)(H2,27,29,30). The Hall–Kier alpha value is -3.37. The predicted octanol–water partition coefficient (Wildman–Crippen LogP) is 3.19. The van der Waals surface area contributed by atoms with Crippen LogP contribution in [0.2, 0.25) is 0 Å². The second kappa shape index (κ2) is 8.63. The first-order valence-corrected chi connectivity index (χ1v) is 12.4. The third kappa shape index (κ3) is 4.04. The largest absolute Gasteiger partial charge is 0.491 e. The number of methoxy groups -OCH3 is 1. The summed E-state index contributed by atoms with van der Waals surface area (Å²) in [5, 5.41) is 14.2. The first kappa shape index (κ1) is 23.1. The quantitative estimate of drug-likeness (QED) is 0.457. The summed E-state index contributed by atoms with van der Waals surface area (Å²) in [5.41, 5.74) is 7.75. The molecule has 10 nitrogen and oxygen atoms in total. The number of nitrogens with zero attached hydrogens (tertiary/aromatic N) is 3. The zero-order chi connectivity index (χ0) is 24.9. The van der Waals surface area contributed by atoms with E-state index in [2.05, 4.69) is 20.0 Å². The lowest BCUT2D eigenvalue weighted by Gasteiger charge is -2.44. The van der Waals surface area contributed by atoms with Gasteiger partial charge in [0.15, 0.2) is 0 Å². The Bertz CT molecular complexity index is 1290. The molecule has 10 heteroatoms. The summed E-state index contributed by atoms with van der Waals surface area (Å²) in [6.45, 7) is 0.685. The number of carbonyl (C=O) groups is 1. The Balaban J connectivity index is 1.25. The zero-order valence-electron chi connectivity index (χ0n) is 20.3. The Labute approximate surface area is 208 Å². The number of rotatable bonds is 7. The maximum Gasteiger partial charge on any atom is 0.406 e. The zero-order valence-corrected chi connectivity index (χ0v) is 20.3. The summed E-state index contributed by atoms with van der Waals surface area (Å²) < 4.78 is 19.0. The lowest BCUT2D eigenvalue weighted by atomic mass is 9.75. The van der Waals surface area contributed by atoms with Crippen LogP contribution < -0.4 is 15.8 Å². The van der Waals surface area contributed by atoms with Crippen molar-refractivity contribution in [3.63, 3.8) is 0 Å². The van der Waals surface area contributed by atoms with E-state index in [1.54, 1.807) is 0 Å². The highest BCUT2D eigenvalue weighted by molar-refractivity contribution is 6.00. The van der Waals surface area contributed by atoms with Crippen LogP contribution in [0.5, 0.6) is 5.75 Å². The number of anilines is 1. The van der Waals surface area contributed by atoms with Crippen molar-refractivity contribution in [2.75, 3.05) is 26.0 Å². The number of aliphatic hydroxyl groups is 1. The Kier molecular flexibility index (Phi) is 5.53. The van der Waals surface area contributed by atoms with Gasteiger partial charge in [0.2, 0.25) is 0 Å². The molecule has 0 spiro atoms. The Morgan fingerprint density at radius 1 is 1.31 bits per heavy atom. The lowest BCUT2D eigenvalue weighted by molar-refractivity contribution is -0.0632. The number of aromatic nitrogens is 3. The Morgan fingerprint density at radius 2 is 2.11 bits per heavy atom. The summed E-state index contributed by atoms with van der Waals surface area (Å²) >= 11 is 0. The number of carbonyl (C=O) groups excluding carboxylic acids is 1. The van der Waals surface area contributed by atoms with Gasteiger partial charge < -0.3 is 34.9 Å². The molecule has 6 rings (SSSR count). The molecule has 3 fully saturated rings. The smallest absolute Gasteiger partial charge is 0.406 e. The van der Waals surface area contributed by atoms with Crippen LogP contribution in [0.15, 0.2) is 36.8 Å². The van der Waals surface area contributed by atoms with Crippen molar-refractivity contribution in [2.24, 2.45) is 0 Å². The molecule has 3 aliphatic rings. The summed E-state index contributed by atoms with van der Waals surface area (Å²) in [7, 11) is 1.30. The molecule has 1 amide bonds. The van der Waals surface area contributed by atoms with Gasteiger partial charge in [0.25, 0.3) is 0 Å². The lowest BCUT2D eigenvalue weighted by Crippen LogP contribution is -2.52. The molecule has 1 aromatic carbocycles. The van der Waals surface area contributed by atoms with Crippen LogP contribution in [0.3, 0.4) is 0 Å². The van der Waals surface area contributed by atoms with Crippen molar-refractivity contribution < 1.29 is 24.1 Å². The molecular weight excluding hydrogens is 462 g/mol. The number of alkyl carbamates (subject to hydrolysis) is 1. The normalized spacial score (nSPS) is 28.7. The van der Waals surface area contributed by atoms with E-state index in [0.717, 1.165) is 47.9 Å². The van der Waals surface area contributed by atoms with Gasteiger partial charge in [0, 0.05) is 24.3 Å². The SMILES string of the molecule is COC(=O)NCC1(O)CC(n2cc(-c3cccc(OCC45CCC(CC4)O5)c3)c3c(N)ncnc32)C1. The van der Waals surface area contributed by atoms with Crippen molar-refractivity contribution in [3.05, 3.63) is 36.8 Å². The fraction of sp³-hybridized carbons (Fsp3) is 0.500. The highest BCUT2D eigenvalue weighted by Gasteiger charge is 2.47. The monoisotopic (exact) mass is 493 g/mol. The van der Waals surface area contributed by atoms with E-state index in [1.165, 1.54) is 13.4 Å². The average molecular weight is 494 g/mol. The number of nitrogen functional groups attached to an aromatic ring is 1. The molecule has 36 heavy (non-hydrogen) atoms. The fourth-order valence-electron chi connectivity index (χ4n) is 5.93. The highest BCUT2D eigenvalue weighted by atomic mass is 16.6. The van der Waals surface area contributed by atoms with Gasteiger partial charge in [-0.05, 0) is 56.2 Å². The molecule has 2 bridgehead atoms. The second-order valence-electron chi connectivity index (χ2n) is 10.4. The van der Waals surface area contributed by atoms with Crippen LogP contribution in [0, 0.1) is 0 Å². The van der Waals surface area contributed by atoms with Crippen molar-refractivity contribution in [2.45, 2.75) is 61.9 Å². The molecule has 0 radical (unpaired) electrons. The van der Waals surface area contributed by atoms with E-state index in [-0.39, 0.29) is 18.2 Å². The van der Waals surface area contributed by atoms with Gasteiger partial charge in [-0.2, -0.15) is 0 Å². The van der Waals surface area contributed by atoms with E-state index < -0.39 is 11.7 Å². The average Bonchev–Trinajstić information content (AvgIpc) is 3.58. The van der Waals surface area contributed by atoms with E-state index >= 15 is 0 Å². The fourth-order valence-corrected chi connectivity index (χ4v) is 5.93. The number of amides is 1. The molecule has 1 saturated carbocycles. The van der Waals surface area contributed by atoms with E-state index in [9.17, 15) is 9.90 Å². The molecule has 4 heterocycles. The van der Waals surface area contributed by atoms with Crippen LogP contribution >= 0.6 is 0 Å². The molecule has 2 saturated heterocycles. The van der Waals surface area contributed by atoms with Gasteiger partial charge in [0.1, 0.15) is 35.7 Å². The maximum atomic E-state index is 11.4. The summed E-state index contributed by atoms with van der Waals surface area (Å²) in [6, 6.07) is 7.97. The van der Waals surface area contributed by atoms with Crippen LogP contribution in [-0.2, 0) is 9.47 Å². The van der Waals surface area contributed by atoms with Crippen LogP contribution in [0.1, 0.15) is 44.6 Å². The van der Waals surface area contributed by atoms with Crippen LogP contribution in [0.4, 0.5) is 10.6 Å². The molecule has 3 aromatic rings. The van der Waals surface area contributed by atoms with Crippen LogP contribution in [0.25, 0.3) is 22.2 Å². The number of benzene rings is 1. The van der Waals surface area contributed by atoms with Crippen molar-refractivity contribution in [1.29, 1.82) is 0 Å². The molecule has 2 aliphatic heterocycles. The van der Waals surface area contributed by atoms with E-state index in [0.29, 0.717) is 37.0 Å². The second-order valence-corrected chi connectivity index (χ2v) is 10.4. The minimum absolute atomic E-state index is 0.00774. The van der Waals surface area contributed by atoms with Gasteiger partial charge >= 0.3 is 6.09 Å². The molecular formula is C26H31N5O5. The molecule has 0 unspecified atom stereocenters. The Morgan fingerprint density at radius 3 is 2.83 bits per heavy atom. The number of hydrogen-bond donors (Lipinski definition) is 3. The minimum atomic E-state index is -0.997. The molecule has 190 valence electrons. The van der Waals surface area contributed by atoms with Crippen LogP contribution in [-0.4, -0.2) is 63.3 Å². The predicted molar refractivity (Wildman–Crippen MR) is 133 cm³/mol. The topological polar surface area (TPSA) is 134 Å². The molecule has 4 N–H and O–H groups in total. The van der Waals surface area contributed by atoms with E-state index in [1.807, 2.05) is 35.0 Å². The minimum Gasteiger partial charge on any atom is -0.491 e. The van der Waals surface area contributed by atoms with Crippen molar-refractivity contribution in [1.82, 2.24) is 19.9 Å². The third-order valence-corrected chi connectivity index (χ3v) is 7.92. The summed E-state index contributed by atoms with van der Waals surface area (Å²) in [6.07, 6.45) is 8.61. The van der Waals surface area contributed by atoms with Gasteiger partial charge in [0.05, 0.1) is 24.2 Å². The van der Waals surface area contributed by atoms with E-state index in [4.69, 9.17) is 15.2 Å². The third-order valence-electron chi connectivity index (χ3n) is 7.92. The van der Waals surface area contributed by atoms with Crippen molar-refractivity contribution in [3.8, 4) is 16.9 Å². The first-order chi connectivity index (χ1) is 17.4. The van der Waals surface area contributed by atoms with Gasteiger partial charge in [-0.3, -0.25) is 0 Å². The highest BCUT2D eigenvalue weighted by Crippen LogP contribution is 2.46. The molecule has 0 atom stereocenters. The van der Waals surface area contributed by atoms with Crippen molar-refractivity contribution >= 4 is 22.9 Å². The first-order valence-electron chi connectivity index (χ1n) is 12.4. The van der Waals surface area contributed by atoms with Gasteiger partial charge in [-0.25, -0.2) is 14.8 Å².